The maximum Gasteiger partial charge on any atom is 0.274 e. The smallest absolute Gasteiger partial charge is 0.274 e. The highest BCUT2D eigenvalue weighted by atomic mass is 16.5. The molecule has 3 heterocycles. The molecule has 1 aliphatic rings. The highest BCUT2D eigenvalue weighted by Crippen LogP contribution is 2.20. The van der Waals surface area contributed by atoms with Crippen molar-refractivity contribution in [2.45, 2.75) is 39.3 Å². The largest absolute Gasteiger partial charge is 0.380 e. The number of H-pyrrole nitrogens is 1. The molecule has 1 atom stereocenters. The molecule has 1 aliphatic heterocycles. The van der Waals surface area contributed by atoms with Crippen molar-refractivity contribution >= 4 is 16.9 Å². The lowest BCUT2D eigenvalue weighted by molar-refractivity contribution is 0.0265. The van der Waals surface area contributed by atoms with Crippen LogP contribution in [0.3, 0.4) is 0 Å². The van der Waals surface area contributed by atoms with Gasteiger partial charge in [0.1, 0.15) is 5.69 Å². The van der Waals surface area contributed by atoms with Crippen molar-refractivity contribution in [1.82, 2.24) is 24.6 Å². The molecule has 0 spiro atoms. The molecule has 3 aromatic rings. The Labute approximate surface area is 158 Å². The van der Waals surface area contributed by atoms with Crippen molar-refractivity contribution in [3.05, 3.63) is 47.0 Å². The highest BCUT2D eigenvalue weighted by Gasteiger charge is 2.25. The first-order valence-corrected chi connectivity index (χ1v) is 9.33. The first-order valence-electron chi connectivity index (χ1n) is 9.33. The second-order valence-corrected chi connectivity index (χ2v) is 7.33. The molecule has 2 aromatic heterocycles. The minimum Gasteiger partial charge on any atom is -0.380 e. The van der Waals surface area contributed by atoms with E-state index in [0.717, 1.165) is 36.1 Å². The predicted octanol–water partition coefficient (Wildman–Crippen LogP) is 2.68. The van der Waals surface area contributed by atoms with Gasteiger partial charge in [0.05, 0.1) is 35.7 Å². The molecule has 0 radical (unpaired) electrons. The van der Waals surface area contributed by atoms with Crippen molar-refractivity contribution in [3.63, 3.8) is 0 Å². The van der Waals surface area contributed by atoms with Crippen LogP contribution in [0.15, 0.2) is 24.5 Å². The first kappa shape index (κ1) is 17.7. The fourth-order valence-electron chi connectivity index (χ4n) is 3.65. The number of carbonyl (C=O) groups is 1. The Kier molecular flexibility index (Phi) is 4.70. The van der Waals surface area contributed by atoms with Gasteiger partial charge in [-0.2, -0.15) is 5.10 Å². The fraction of sp³-hybridized carbons (Fsp3) is 0.450. The second-order valence-electron chi connectivity index (χ2n) is 7.33. The molecule has 1 N–H and O–H groups in total. The molecule has 0 aliphatic carbocycles. The number of fused-ring (bicyclic) bond motifs is 1. The number of carbonyl (C=O) groups excluding carboxylic acids is 1. The Morgan fingerprint density at radius 3 is 2.93 bits per heavy atom. The number of hydrogen-bond donors (Lipinski definition) is 1. The number of aromatic nitrogens is 4. The number of ether oxygens (including phenoxy) is 1. The Morgan fingerprint density at radius 2 is 2.11 bits per heavy atom. The molecule has 1 saturated heterocycles. The summed E-state index contributed by atoms with van der Waals surface area (Å²) in [5.74, 6) is -0.0405. The number of rotatable bonds is 4. The Balaban J connectivity index is 1.51. The summed E-state index contributed by atoms with van der Waals surface area (Å²) >= 11 is 0. The number of imidazole rings is 1. The van der Waals surface area contributed by atoms with Crippen molar-refractivity contribution in [3.8, 4) is 0 Å². The van der Waals surface area contributed by atoms with Gasteiger partial charge in [-0.1, -0.05) is 0 Å². The zero-order valence-electron chi connectivity index (χ0n) is 16.0. The van der Waals surface area contributed by atoms with E-state index in [0.29, 0.717) is 18.8 Å². The number of aromatic amines is 1. The van der Waals surface area contributed by atoms with E-state index in [4.69, 9.17) is 4.74 Å². The molecule has 1 unspecified atom stereocenters. The molecule has 0 bridgehead atoms. The maximum absolute atomic E-state index is 12.7. The van der Waals surface area contributed by atoms with E-state index < -0.39 is 0 Å². The second kappa shape index (κ2) is 7.15. The highest BCUT2D eigenvalue weighted by molar-refractivity contribution is 5.92. The SMILES string of the molecule is COC1CCCN(C(=O)c2cc(Cn3cnc4cc(C)c(C)cc43)[nH]n2)C1. The van der Waals surface area contributed by atoms with Crippen LogP contribution in [0.1, 0.15) is 40.2 Å². The molecule has 142 valence electrons. The summed E-state index contributed by atoms with van der Waals surface area (Å²) in [6.07, 6.45) is 3.91. The number of piperidine rings is 1. The van der Waals surface area contributed by atoms with Crippen LogP contribution in [0, 0.1) is 13.8 Å². The van der Waals surface area contributed by atoms with E-state index in [1.807, 2.05) is 17.3 Å². The normalized spacial score (nSPS) is 17.6. The molecule has 1 amide bonds. The third kappa shape index (κ3) is 3.47. The van der Waals surface area contributed by atoms with Gasteiger partial charge >= 0.3 is 0 Å². The Hall–Kier alpha value is -2.67. The molecule has 4 rings (SSSR count). The van der Waals surface area contributed by atoms with E-state index >= 15 is 0 Å². The monoisotopic (exact) mass is 367 g/mol. The summed E-state index contributed by atoms with van der Waals surface area (Å²) in [6.45, 7) is 6.17. The van der Waals surface area contributed by atoms with Crippen molar-refractivity contribution < 1.29 is 9.53 Å². The number of nitrogens with one attached hydrogen (secondary N) is 1. The van der Waals surface area contributed by atoms with Gasteiger partial charge in [-0.15, -0.1) is 0 Å². The van der Waals surface area contributed by atoms with Crippen LogP contribution in [-0.2, 0) is 11.3 Å². The minimum atomic E-state index is -0.0405. The molecule has 1 aromatic carbocycles. The number of amides is 1. The molecule has 27 heavy (non-hydrogen) atoms. The summed E-state index contributed by atoms with van der Waals surface area (Å²) in [4.78, 5) is 19.1. The molecule has 7 nitrogen and oxygen atoms in total. The van der Waals surface area contributed by atoms with Gasteiger partial charge in [0.25, 0.3) is 5.91 Å². The number of likely N-dealkylation sites (tertiary alicyclic amines) is 1. The van der Waals surface area contributed by atoms with Gasteiger partial charge in [0, 0.05) is 20.2 Å². The summed E-state index contributed by atoms with van der Waals surface area (Å²) < 4.78 is 7.48. The lowest BCUT2D eigenvalue weighted by atomic mass is 10.1. The average Bonchev–Trinajstić information content (AvgIpc) is 3.30. The third-order valence-electron chi connectivity index (χ3n) is 5.43. The quantitative estimate of drug-likeness (QED) is 0.769. The van der Waals surface area contributed by atoms with Gasteiger partial charge < -0.3 is 14.2 Å². The number of benzene rings is 1. The molecule has 1 fully saturated rings. The lowest BCUT2D eigenvalue weighted by Crippen LogP contribution is -2.43. The number of methoxy groups -OCH3 is 1. The number of aryl methyl sites for hydroxylation is 2. The van der Waals surface area contributed by atoms with E-state index in [-0.39, 0.29) is 12.0 Å². The predicted molar refractivity (Wildman–Crippen MR) is 103 cm³/mol. The van der Waals surface area contributed by atoms with Crippen LogP contribution in [0.5, 0.6) is 0 Å². The number of nitrogens with zero attached hydrogens (tertiary/aromatic N) is 4. The van der Waals surface area contributed by atoms with Crippen LogP contribution in [-0.4, -0.2) is 56.9 Å². The summed E-state index contributed by atoms with van der Waals surface area (Å²) in [7, 11) is 1.70. The van der Waals surface area contributed by atoms with Gasteiger partial charge in [0.2, 0.25) is 0 Å². The van der Waals surface area contributed by atoms with E-state index in [2.05, 4.69) is 45.7 Å². The number of hydrogen-bond acceptors (Lipinski definition) is 4. The van der Waals surface area contributed by atoms with Crippen molar-refractivity contribution in [2.75, 3.05) is 20.2 Å². The van der Waals surface area contributed by atoms with Crippen LogP contribution >= 0.6 is 0 Å². The summed E-state index contributed by atoms with van der Waals surface area (Å²) in [5, 5.41) is 7.25. The summed E-state index contributed by atoms with van der Waals surface area (Å²) in [6, 6.07) is 6.09. The van der Waals surface area contributed by atoms with Crippen LogP contribution in [0.4, 0.5) is 0 Å². The molecule has 7 heteroatoms. The fourth-order valence-corrected chi connectivity index (χ4v) is 3.65. The van der Waals surface area contributed by atoms with Crippen molar-refractivity contribution in [2.24, 2.45) is 0 Å². The zero-order chi connectivity index (χ0) is 19.0. The van der Waals surface area contributed by atoms with Gasteiger partial charge in [-0.05, 0) is 56.0 Å². The van der Waals surface area contributed by atoms with E-state index in [1.54, 1.807) is 7.11 Å². The molecular weight excluding hydrogens is 342 g/mol. The van der Waals surface area contributed by atoms with Gasteiger partial charge in [0.15, 0.2) is 0 Å². The molecule has 0 saturated carbocycles. The zero-order valence-corrected chi connectivity index (χ0v) is 16.0. The topological polar surface area (TPSA) is 76.0 Å². The van der Waals surface area contributed by atoms with Crippen LogP contribution in [0.2, 0.25) is 0 Å². The maximum atomic E-state index is 12.7. The van der Waals surface area contributed by atoms with Crippen LogP contribution < -0.4 is 0 Å². The Bertz CT molecular complexity index is 974. The van der Waals surface area contributed by atoms with Gasteiger partial charge in [-0.25, -0.2) is 4.98 Å². The third-order valence-corrected chi connectivity index (χ3v) is 5.43. The lowest BCUT2D eigenvalue weighted by Gasteiger charge is -2.31. The minimum absolute atomic E-state index is 0.0405. The first-order chi connectivity index (χ1) is 13.0. The van der Waals surface area contributed by atoms with E-state index in [1.165, 1.54) is 11.1 Å². The van der Waals surface area contributed by atoms with E-state index in [9.17, 15) is 4.79 Å². The Morgan fingerprint density at radius 1 is 1.30 bits per heavy atom. The average molecular weight is 367 g/mol. The van der Waals surface area contributed by atoms with Gasteiger partial charge in [-0.3, -0.25) is 9.89 Å². The molecular formula is C20H25N5O2. The van der Waals surface area contributed by atoms with Crippen LogP contribution in [0.25, 0.3) is 11.0 Å². The standard InChI is InChI=1S/C20H25N5O2/c1-13-7-17-19(8-14(13)2)25(12-21-17)10-15-9-18(23-22-15)20(26)24-6-4-5-16(11-24)27-3/h7-9,12,16H,4-6,10-11H2,1-3H3,(H,22,23). The van der Waals surface area contributed by atoms with Crippen molar-refractivity contribution in [1.29, 1.82) is 0 Å². The summed E-state index contributed by atoms with van der Waals surface area (Å²) in [5.41, 5.74) is 5.88.